The molecule has 4 rings (SSSR count). The first-order chi connectivity index (χ1) is 15.2. The summed E-state index contributed by atoms with van der Waals surface area (Å²) in [6.45, 7) is 3.06. The molecule has 2 aromatic heterocycles. The Bertz CT molecular complexity index is 1300. The van der Waals surface area contributed by atoms with Gasteiger partial charge in [0.25, 0.3) is 5.56 Å². The van der Waals surface area contributed by atoms with E-state index in [2.05, 4.69) is 14.8 Å². The van der Waals surface area contributed by atoms with Gasteiger partial charge in [0.2, 0.25) is 15.9 Å². The molecule has 32 heavy (non-hydrogen) atoms. The van der Waals surface area contributed by atoms with Gasteiger partial charge in [0.15, 0.2) is 5.65 Å². The predicted octanol–water partition coefficient (Wildman–Crippen LogP) is 0.656. The van der Waals surface area contributed by atoms with E-state index in [4.69, 9.17) is 0 Å². The topological polar surface area (TPSA) is 119 Å². The lowest BCUT2D eigenvalue weighted by Crippen LogP contribution is -2.45. The second kappa shape index (κ2) is 8.83. The molecule has 0 saturated carbocycles. The van der Waals surface area contributed by atoms with Crippen LogP contribution in [-0.2, 0) is 28.4 Å². The Morgan fingerprint density at radius 3 is 2.75 bits per heavy atom. The fourth-order valence-corrected chi connectivity index (χ4v) is 5.03. The molecule has 3 aromatic rings. The summed E-state index contributed by atoms with van der Waals surface area (Å²) in [6.07, 6.45) is 4.41. The number of aryl methyl sites for hydroxylation is 2. The third-order valence-corrected chi connectivity index (χ3v) is 7.23. The number of nitrogens with zero attached hydrogens (tertiary/aromatic N) is 5. The number of fused-ring (bicyclic) bond motifs is 1. The van der Waals surface area contributed by atoms with E-state index in [1.165, 1.54) is 21.8 Å². The zero-order valence-electron chi connectivity index (χ0n) is 18.1. The first-order valence-corrected chi connectivity index (χ1v) is 11.9. The number of amides is 1. The van der Waals surface area contributed by atoms with Gasteiger partial charge in [0.1, 0.15) is 18.3 Å². The molecule has 10 nitrogen and oxygen atoms in total. The lowest BCUT2D eigenvalue weighted by atomic mass is 9.98. The number of carbonyl (C=O) groups is 1. The van der Waals surface area contributed by atoms with Gasteiger partial charge in [-0.25, -0.2) is 18.1 Å². The standard InChI is InChI=1S/C21H26N6O4S/c1-15-5-7-17(8-6-15)32(30,31)24-10-16-4-3-9-26(12-16)19(28)13-27-14-22-20-18(21(27)29)11-23-25(20)2/h5-8,11,14,16,24H,3-4,9-10,12-13H2,1-2H3. The predicted molar refractivity (Wildman–Crippen MR) is 118 cm³/mol. The van der Waals surface area contributed by atoms with Crippen molar-refractivity contribution >= 4 is 27.0 Å². The van der Waals surface area contributed by atoms with Crippen molar-refractivity contribution in [3.05, 3.63) is 52.7 Å². The molecular weight excluding hydrogens is 432 g/mol. The van der Waals surface area contributed by atoms with Gasteiger partial charge in [0.05, 0.1) is 11.1 Å². The number of aromatic nitrogens is 4. The highest BCUT2D eigenvalue weighted by molar-refractivity contribution is 7.89. The maximum absolute atomic E-state index is 12.8. The summed E-state index contributed by atoms with van der Waals surface area (Å²) in [6, 6.07) is 6.68. The van der Waals surface area contributed by atoms with Gasteiger partial charge in [-0.1, -0.05) is 17.7 Å². The van der Waals surface area contributed by atoms with Crippen molar-refractivity contribution < 1.29 is 13.2 Å². The highest BCUT2D eigenvalue weighted by atomic mass is 32.2. The molecule has 1 unspecified atom stereocenters. The minimum atomic E-state index is -3.60. The highest BCUT2D eigenvalue weighted by Crippen LogP contribution is 2.18. The van der Waals surface area contributed by atoms with Gasteiger partial charge >= 0.3 is 0 Å². The minimum Gasteiger partial charge on any atom is -0.341 e. The first kappa shape index (κ1) is 22.2. The average molecular weight is 459 g/mol. The number of hydrogen-bond acceptors (Lipinski definition) is 6. The van der Waals surface area contributed by atoms with Gasteiger partial charge < -0.3 is 4.90 Å². The van der Waals surface area contributed by atoms with Crippen LogP contribution in [0.2, 0.25) is 0 Å². The largest absolute Gasteiger partial charge is 0.341 e. The lowest BCUT2D eigenvalue weighted by molar-refractivity contribution is -0.133. The van der Waals surface area contributed by atoms with E-state index in [0.29, 0.717) is 24.1 Å². The third-order valence-electron chi connectivity index (χ3n) is 5.79. The van der Waals surface area contributed by atoms with Crippen molar-refractivity contribution in [2.45, 2.75) is 31.2 Å². The van der Waals surface area contributed by atoms with Crippen LogP contribution in [0.4, 0.5) is 0 Å². The molecule has 1 atom stereocenters. The minimum absolute atomic E-state index is 0.00331. The molecule has 1 aromatic carbocycles. The Balaban J connectivity index is 1.38. The van der Waals surface area contributed by atoms with Gasteiger partial charge in [0, 0.05) is 26.7 Å². The molecule has 1 amide bonds. The van der Waals surface area contributed by atoms with Crippen LogP contribution >= 0.6 is 0 Å². The molecule has 0 spiro atoms. The van der Waals surface area contributed by atoms with E-state index in [9.17, 15) is 18.0 Å². The summed E-state index contributed by atoms with van der Waals surface area (Å²) >= 11 is 0. The van der Waals surface area contributed by atoms with Crippen molar-refractivity contribution in [3.8, 4) is 0 Å². The molecule has 1 aliphatic rings. The van der Waals surface area contributed by atoms with Crippen LogP contribution in [0, 0.1) is 12.8 Å². The maximum atomic E-state index is 12.8. The van der Waals surface area contributed by atoms with E-state index >= 15 is 0 Å². The third kappa shape index (κ3) is 4.58. The summed E-state index contributed by atoms with van der Waals surface area (Å²) in [5.74, 6) is -0.188. The molecule has 0 radical (unpaired) electrons. The summed E-state index contributed by atoms with van der Waals surface area (Å²) in [7, 11) is -1.90. The highest BCUT2D eigenvalue weighted by Gasteiger charge is 2.26. The molecule has 3 heterocycles. The fraction of sp³-hybridized carbons (Fsp3) is 0.429. The summed E-state index contributed by atoms with van der Waals surface area (Å²) < 4.78 is 30.6. The number of sulfonamides is 1. The number of likely N-dealkylation sites (tertiary alicyclic amines) is 1. The molecule has 170 valence electrons. The average Bonchev–Trinajstić information content (AvgIpc) is 3.16. The van der Waals surface area contributed by atoms with Crippen molar-refractivity contribution in [3.63, 3.8) is 0 Å². The van der Waals surface area contributed by atoms with Crippen LogP contribution in [0.25, 0.3) is 11.0 Å². The summed E-state index contributed by atoms with van der Waals surface area (Å²) in [5, 5.41) is 4.40. The van der Waals surface area contributed by atoms with Gasteiger partial charge in [-0.2, -0.15) is 5.10 Å². The van der Waals surface area contributed by atoms with Crippen LogP contribution in [0.5, 0.6) is 0 Å². The van der Waals surface area contributed by atoms with Crippen molar-refractivity contribution in [2.75, 3.05) is 19.6 Å². The summed E-state index contributed by atoms with van der Waals surface area (Å²) in [5.41, 5.74) is 1.15. The molecular formula is C21H26N6O4S. The van der Waals surface area contributed by atoms with Crippen molar-refractivity contribution in [1.82, 2.24) is 29.0 Å². The SMILES string of the molecule is Cc1ccc(S(=O)(=O)NCC2CCCN(C(=O)Cn3cnc4c(cnn4C)c3=O)C2)cc1. The first-order valence-electron chi connectivity index (χ1n) is 10.5. The maximum Gasteiger partial charge on any atom is 0.264 e. The quantitative estimate of drug-likeness (QED) is 0.579. The van der Waals surface area contributed by atoms with E-state index < -0.39 is 10.0 Å². The zero-order valence-corrected chi connectivity index (χ0v) is 18.9. The zero-order chi connectivity index (χ0) is 22.9. The molecule has 0 aliphatic carbocycles. The molecule has 1 saturated heterocycles. The Labute approximate surface area is 185 Å². The Morgan fingerprint density at radius 2 is 2.00 bits per heavy atom. The van der Waals surface area contributed by atoms with Gasteiger partial charge in [-0.15, -0.1) is 0 Å². The van der Waals surface area contributed by atoms with Crippen molar-refractivity contribution in [1.29, 1.82) is 0 Å². The number of piperidine rings is 1. The Morgan fingerprint density at radius 1 is 1.25 bits per heavy atom. The lowest BCUT2D eigenvalue weighted by Gasteiger charge is -2.33. The monoisotopic (exact) mass is 458 g/mol. The second-order valence-corrected chi connectivity index (χ2v) is 9.96. The molecule has 1 fully saturated rings. The second-order valence-electron chi connectivity index (χ2n) is 8.20. The number of nitrogens with one attached hydrogen (secondary N) is 1. The van der Waals surface area contributed by atoms with E-state index in [0.717, 1.165) is 18.4 Å². The van der Waals surface area contributed by atoms with E-state index in [-0.39, 0.29) is 35.4 Å². The molecule has 1 N–H and O–H groups in total. The van der Waals surface area contributed by atoms with Gasteiger partial charge in [-0.05, 0) is 37.8 Å². The normalized spacial score (nSPS) is 17.1. The van der Waals surface area contributed by atoms with E-state index in [1.54, 1.807) is 36.2 Å². The smallest absolute Gasteiger partial charge is 0.264 e. The molecule has 0 bridgehead atoms. The van der Waals surface area contributed by atoms with Crippen LogP contribution in [0.1, 0.15) is 18.4 Å². The molecule has 1 aliphatic heterocycles. The summed E-state index contributed by atoms with van der Waals surface area (Å²) in [4.78, 5) is 31.6. The Hall–Kier alpha value is -3.05. The van der Waals surface area contributed by atoms with Crippen LogP contribution < -0.4 is 10.3 Å². The van der Waals surface area contributed by atoms with Gasteiger partial charge in [-0.3, -0.25) is 18.8 Å². The Kier molecular flexibility index (Phi) is 6.11. The number of hydrogen-bond donors (Lipinski definition) is 1. The number of benzene rings is 1. The van der Waals surface area contributed by atoms with Crippen LogP contribution in [-0.4, -0.2) is 58.2 Å². The molecule has 11 heteroatoms. The van der Waals surface area contributed by atoms with Crippen molar-refractivity contribution in [2.24, 2.45) is 13.0 Å². The number of carbonyl (C=O) groups excluding carboxylic acids is 1. The van der Waals surface area contributed by atoms with Crippen LogP contribution in [0.3, 0.4) is 0 Å². The fourth-order valence-electron chi connectivity index (χ4n) is 3.91. The van der Waals surface area contributed by atoms with E-state index in [1.807, 2.05) is 6.92 Å². The number of rotatable bonds is 6. The van der Waals surface area contributed by atoms with Crippen LogP contribution in [0.15, 0.2) is 46.5 Å².